The van der Waals surface area contributed by atoms with Crippen LogP contribution in [0.1, 0.15) is 110 Å². The summed E-state index contributed by atoms with van der Waals surface area (Å²) in [6.07, 6.45) is 12.3. The number of hydrogen-bond acceptors (Lipinski definition) is 9. The van der Waals surface area contributed by atoms with E-state index in [1.807, 2.05) is 37.3 Å². The van der Waals surface area contributed by atoms with Crippen LogP contribution < -0.4 is 15.4 Å². The molecule has 13 nitrogen and oxygen atoms in total. The number of likely N-dealkylation sites (tertiary alicyclic amines) is 1. The third kappa shape index (κ3) is 6.37. The third-order valence-electron chi connectivity index (χ3n) is 12.6. The van der Waals surface area contributed by atoms with E-state index in [1.54, 1.807) is 11.3 Å². The number of thiazole rings is 1. The molecule has 1 saturated carbocycles. The van der Waals surface area contributed by atoms with Crippen LogP contribution >= 0.6 is 11.3 Å². The van der Waals surface area contributed by atoms with Crippen LogP contribution in [0.25, 0.3) is 44.7 Å². The first kappa shape index (κ1) is 36.8. The molecule has 3 fully saturated rings. The van der Waals surface area contributed by atoms with Gasteiger partial charge in [0.1, 0.15) is 23.4 Å². The van der Waals surface area contributed by atoms with Gasteiger partial charge >= 0.3 is 6.09 Å². The number of ether oxygens (including phenoxy) is 2. The number of methoxy groups -OCH3 is 1. The summed E-state index contributed by atoms with van der Waals surface area (Å²) in [7, 11) is 1.31. The number of nitrogens with zero attached hydrogens (tertiary/aromatic N) is 5. The van der Waals surface area contributed by atoms with E-state index in [9.17, 15) is 9.59 Å². The quantitative estimate of drug-likeness (QED) is 0.114. The van der Waals surface area contributed by atoms with E-state index in [0.29, 0.717) is 12.5 Å². The summed E-state index contributed by atoms with van der Waals surface area (Å²) in [5.74, 6) is 2.82. The lowest BCUT2D eigenvalue weighted by atomic mass is 9.86. The largest absolute Gasteiger partial charge is 0.464 e. The van der Waals surface area contributed by atoms with Crippen LogP contribution in [-0.2, 0) is 9.53 Å². The molecule has 6 aromatic rings. The summed E-state index contributed by atoms with van der Waals surface area (Å²) < 4.78 is 14.3. The SMILES string of the molecule is COC(=O)N[C@H](C(=O)N1CCC[C@H]1c1ncc(-c2cc(C)c3c(c2)OC(c2cnc(C4CCC4)s2)n2c-3cc3cc(-c4cnc([C@@H]5CCCN5)[nH]4)ccc32)[nH]1)C(C)C. The summed E-state index contributed by atoms with van der Waals surface area (Å²) in [5, 5.41) is 8.61. The van der Waals surface area contributed by atoms with Gasteiger partial charge in [-0.15, -0.1) is 11.3 Å². The maximum Gasteiger partial charge on any atom is 0.407 e. The van der Waals surface area contributed by atoms with Crippen molar-refractivity contribution in [2.24, 2.45) is 5.92 Å². The van der Waals surface area contributed by atoms with Gasteiger partial charge in [-0.1, -0.05) is 26.3 Å². The average Bonchev–Trinajstić information content (AvgIpc) is 4.04. The first-order valence-electron chi connectivity index (χ1n) is 20.6. The highest BCUT2D eigenvalue weighted by Gasteiger charge is 2.38. The minimum absolute atomic E-state index is 0.110. The molecule has 4 N–H and O–H groups in total. The van der Waals surface area contributed by atoms with Gasteiger partial charge in [-0.2, -0.15) is 0 Å². The Hall–Kier alpha value is -5.47. The number of benzene rings is 2. The average molecular weight is 800 g/mol. The van der Waals surface area contributed by atoms with Crippen molar-refractivity contribution in [2.75, 3.05) is 20.2 Å². The number of fused-ring (bicyclic) bond motifs is 5. The Labute approximate surface area is 341 Å². The van der Waals surface area contributed by atoms with Crippen LogP contribution in [0.5, 0.6) is 5.75 Å². The fraction of sp³-hybridized carbons (Fsp3) is 0.432. The van der Waals surface area contributed by atoms with Gasteiger partial charge in [0, 0.05) is 40.7 Å². The highest BCUT2D eigenvalue weighted by atomic mass is 32.1. The Morgan fingerprint density at radius 1 is 0.931 bits per heavy atom. The lowest BCUT2D eigenvalue weighted by Gasteiger charge is -2.30. The Morgan fingerprint density at radius 3 is 2.50 bits per heavy atom. The van der Waals surface area contributed by atoms with E-state index in [-0.39, 0.29) is 30.1 Å². The van der Waals surface area contributed by atoms with Gasteiger partial charge < -0.3 is 35.0 Å². The van der Waals surface area contributed by atoms with E-state index >= 15 is 0 Å². The highest BCUT2D eigenvalue weighted by Crippen LogP contribution is 2.49. The second-order valence-corrected chi connectivity index (χ2v) is 17.7. The maximum atomic E-state index is 13.8. The van der Waals surface area contributed by atoms with Gasteiger partial charge in [0.15, 0.2) is 0 Å². The lowest BCUT2D eigenvalue weighted by Crippen LogP contribution is -2.51. The molecule has 300 valence electrons. The Kier molecular flexibility index (Phi) is 9.35. The van der Waals surface area contributed by atoms with E-state index in [1.165, 1.54) is 37.8 Å². The molecule has 0 spiro atoms. The number of amides is 2. The number of imidazole rings is 2. The number of aryl methyl sites for hydroxylation is 1. The summed E-state index contributed by atoms with van der Waals surface area (Å²) in [6, 6.07) is 12.6. The normalized spacial score (nSPS) is 20.8. The molecule has 1 aliphatic carbocycles. The fourth-order valence-electron chi connectivity index (χ4n) is 9.22. The van der Waals surface area contributed by atoms with Crippen molar-refractivity contribution < 1.29 is 19.1 Å². The van der Waals surface area contributed by atoms with Crippen molar-refractivity contribution in [2.45, 2.75) is 96.0 Å². The molecular formula is C44H49N9O4S. The first-order chi connectivity index (χ1) is 28.2. The number of rotatable bonds is 9. The number of aromatic nitrogens is 6. The molecule has 4 aliphatic rings. The lowest BCUT2D eigenvalue weighted by molar-refractivity contribution is -0.135. The Balaban J connectivity index is 1.00. The van der Waals surface area contributed by atoms with Crippen molar-refractivity contribution in [3.63, 3.8) is 0 Å². The molecular weight excluding hydrogens is 751 g/mol. The van der Waals surface area contributed by atoms with E-state index in [4.69, 9.17) is 24.4 Å². The van der Waals surface area contributed by atoms with Gasteiger partial charge in [-0.25, -0.2) is 19.7 Å². The number of aromatic amines is 2. The second kappa shape index (κ2) is 14.7. The maximum absolute atomic E-state index is 13.8. The van der Waals surface area contributed by atoms with Crippen molar-refractivity contribution in [3.8, 4) is 39.5 Å². The molecule has 4 aromatic heterocycles. The van der Waals surface area contributed by atoms with Crippen molar-refractivity contribution in [1.29, 1.82) is 0 Å². The molecule has 2 saturated heterocycles. The van der Waals surface area contributed by atoms with E-state index in [0.717, 1.165) is 98.3 Å². The fourth-order valence-corrected chi connectivity index (χ4v) is 10.3. The molecule has 4 atom stereocenters. The number of hydrogen-bond donors (Lipinski definition) is 4. The zero-order chi connectivity index (χ0) is 39.7. The minimum Gasteiger partial charge on any atom is -0.464 e. The Bertz CT molecular complexity index is 2520. The summed E-state index contributed by atoms with van der Waals surface area (Å²) in [6.45, 7) is 7.60. The molecule has 1 unspecified atom stereocenters. The van der Waals surface area contributed by atoms with E-state index < -0.39 is 12.1 Å². The van der Waals surface area contributed by atoms with Gasteiger partial charge in [0.25, 0.3) is 0 Å². The highest BCUT2D eigenvalue weighted by molar-refractivity contribution is 7.11. The predicted molar refractivity (Wildman–Crippen MR) is 223 cm³/mol. The second-order valence-electron chi connectivity index (χ2n) is 16.6. The van der Waals surface area contributed by atoms with Gasteiger partial charge in [-0.3, -0.25) is 9.36 Å². The van der Waals surface area contributed by atoms with Crippen LogP contribution in [0.3, 0.4) is 0 Å². The monoisotopic (exact) mass is 799 g/mol. The summed E-state index contributed by atoms with van der Waals surface area (Å²) in [5.41, 5.74) is 8.26. The number of nitrogens with one attached hydrogen (secondary N) is 4. The molecule has 0 radical (unpaired) electrons. The van der Waals surface area contributed by atoms with Crippen LogP contribution in [0.2, 0.25) is 0 Å². The number of H-pyrrole nitrogens is 2. The smallest absolute Gasteiger partial charge is 0.407 e. The van der Waals surface area contributed by atoms with Crippen LogP contribution in [0.15, 0.2) is 55.0 Å². The molecule has 58 heavy (non-hydrogen) atoms. The molecule has 7 heterocycles. The Morgan fingerprint density at radius 2 is 1.74 bits per heavy atom. The van der Waals surface area contributed by atoms with Crippen LogP contribution in [0, 0.1) is 12.8 Å². The third-order valence-corrected chi connectivity index (χ3v) is 13.7. The number of carbonyl (C=O) groups excluding carboxylic acids is 2. The van der Waals surface area contributed by atoms with Crippen LogP contribution in [-0.4, -0.2) is 72.6 Å². The molecule has 10 rings (SSSR count). The molecule has 2 amide bonds. The molecule has 0 bridgehead atoms. The minimum atomic E-state index is -0.695. The van der Waals surface area contributed by atoms with Crippen LogP contribution in [0.4, 0.5) is 4.79 Å². The van der Waals surface area contributed by atoms with Gasteiger partial charge in [0.05, 0.1) is 64.1 Å². The van der Waals surface area contributed by atoms with Gasteiger partial charge in [0.2, 0.25) is 12.1 Å². The number of carbonyl (C=O) groups is 2. The molecule has 3 aliphatic heterocycles. The van der Waals surface area contributed by atoms with E-state index in [2.05, 4.69) is 68.5 Å². The predicted octanol–water partition coefficient (Wildman–Crippen LogP) is 8.53. The van der Waals surface area contributed by atoms with Crippen molar-refractivity contribution in [3.05, 3.63) is 82.1 Å². The summed E-state index contributed by atoms with van der Waals surface area (Å²) >= 11 is 1.77. The molecule has 14 heteroatoms. The van der Waals surface area contributed by atoms with Gasteiger partial charge in [-0.05, 0) is 93.8 Å². The first-order valence-corrected chi connectivity index (χ1v) is 21.5. The number of alkyl carbamates (subject to hydrolysis) is 1. The standard InChI is InChI=1S/C44H49N9O4S/c1-23(2)38(51-44(55)56-4)42(54)52-15-7-11-33(52)40-47-21-31(50-40)27-16-24(3)37-34-18-28-17-26(30-20-46-39(49-30)29-10-6-14-45-29)12-13-32(28)53(34)43(57-35(37)19-27)36-22-48-41(58-36)25-8-5-9-25/h12-13,16-23,25,29,33,38,43,45H,5-11,14-15H2,1-4H3,(H,46,49)(H,47,50)(H,51,55)/t29-,33-,38-,43?/m0/s1. The topological polar surface area (TPSA) is 155 Å². The van der Waals surface area contributed by atoms with Crippen molar-refractivity contribution >= 4 is 34.2 Å². The summed E-state index contributed by atoms with van der Waals surface area (Å²) in [4.78, 5) is 50.5. The zero-order valence-corrected chi connectivity index (χ0v) is 34.1. The zero-order valence-electron chi connectivity index (χ0n) is 33.3. The molecule has 2 aromatic carbocycles. The van der Waals surface area contributed by atoms with Crippen molar-refractivity contribution in [1.82, 2.24) is 45.0 Å².